The normalized spacial score (nSPS) is 15.1. The van der Waals surface area contributed by atoms with E-state index in [4.69, 9.17) is 0 Å². The minimum Gasteiger partial charge on any atom is -0.508 e. The second kappa shape index (κ2) is 11.9. The molecule has 0 aromatic heterocycles. The van der Waals surface area contributed by atoms with Gasteiger partial charge in [0.05, 0.1) is 11.3 Å². The predicted molar refractivity (Wildman–Crippen MR) is 161 cm³/mol. The van der Waals surface area contributed by atoms with E-state index in [0.717, 1.165) is 30.7 Å². The van der Waals surface area contributed by atoms with E-state index in [-0.39, 0.29) is 17.8 Å². The monoisotopic (exact) mass is 576 g/mol. The number of benzene rings is 4. The molecular weight excluding hydrogens is 541 g/mol. The molecule has 42 heavy (non-hydrogen) atoms. The van der Waals surface area contributed by atoms with Crippen LogP contribution in [0.4, 0.5) is 29.3 Å². The van der Waals surface area contributed by atoms with E-state index in [1.54, 1.807) is 30.3 Å². The third-order valence-electron chi connectivity index (χ3n) is 8.33. The summed E-state index contributed by atoms with van der Waals surface area (Å²) in [4.78, 5) is 17.1. The third kappa shape index (κ3) is 6.46. The average molecular weight is 577 g/mol. The first-order chi connectivity index (χ1) is 20.0. The number of piperidine rings is 1. The summed E-state index contributed by atoms with van der Waals surface area (Å²) >= 11 is 0. The van der Waals surface area contributed by atoms with Crippen molar-refractivity contribution in [1.29, 1.82) is 0 Å². The molecule has 0 radical (unpaired) electrons. The van der Waals surface area contributed by atoms with Crippen LogP contribution in [0, 0.1) is 0 Å². The summed E-state index contributed by atoms with van der Waals surface area (Å²) in [5, 5.41) is 17.0. The summed E-state index contributed by atoms with van der Waals surface area (Å²) in [7, 11) is 4.13. The van der Waals surface area contributed by atoms with E-state index in [2.05, 4.69) is 41.8 Å². The highest BCUT2D eigenvalue weighted by Crippen LogP contribution is 2.37. The van der Waals surface area contributed by atoms with Gasteiger partial charge in [-0.2, -0.15) is 13.2 Å². The summed E-state index contributed by atoms with van der Waals surface area (Å²) in [6, 6.07) is 23.8. The molecule has 9 heteroatoms. The smallest absolute Gasteiger partial charge is 0.416 e. The molecule has 1 fully saturated rings. The largest absolute Gasteiger partial charge is 0.508 e. The molecule has 0 aliphatic carbocycles. The van der Waals surface area contributed by atoms with Crippen LogP contribution in [0.25, 0.3) is 10.8 Å². The molecule has 4 aromatic rings. The van der Waals surface area contributed by atoms with Gasteiger partial charge in [0.15, 0.2) is 0 Å². The number of nitrogens with zero attached hydrogens (tertiary/aromatic N) is 2. The van der Waals surface area contributed by atoms with Crippen LogP contribution in [0.2, 0.25) is 0 Å². The second-order valence-corrected chi connectivity index (χ2v) is 11.1. The number of aromatic hydroxyl groups is 1. The Morgan fingerprint density at radius 3 is 2.38 bits per heavy atom. The number of carbonyl (C=O) groups excluding carboxylic acids is 1. The maximum absolute atomic E-state index is 13.7. The molecule has 1 aliphatic rings. The lowest BCUT2D eigenvalue weighted by Gasteiger charge is -2.47. The molecular formula is C33H35F3N4O2. The molecule has 0 saturated carbocycles. The zero-order valence-electron chi connectivity index (χ0n) is 23.7. The van der Waals surface area contributed by atoms with Crippen molar-refractivity contribution in [2.75, 3.05) is 37.4 Å². The summed E-state index contributed by atoms with van der Waals surface area (Å²) < 4.78 is 41.2. The SMILES string of the molecule is CN(C)C1(Cc2ccccc2)CCN(c2cc(C(F)(F)F)ccc2CNC(=O)Nc2cccc3ccc(O)cc23)CC1. The standard InChI is InChI=1S/C33H35F3N4O2/c1-39(2)32(21-23-7-4-3-5-8-23)15-17-40(18-16-32)30-19-26(33(34,35)36)13-11-25(30)22-37-31(42)38-29-10-6-9-24-12-14-27(41)20-28(24)29/h3-14,19-20,41H,15-18,21-22H2,1-2H3,(H2,37,38,42). The van der Waals surface area contributed by atoms with Crippen LogP contribution in [0.5, 0.6) is 5.75 Å². The fourth-order valence-corrected chi connectivity index (χ4v) is 5.82. The molecule has 220 valence electrons. The van der Waals surface area contributed by atoms with Crippen LogP contribution in [-0.2, 0) is 19.1 Å². The molecule has 6 nitrogen and oxygen atoms in total. The molecule has 2 amide bonds. The number of urea groups is 1. The van der Waals surface area contributed by atoms with Gasteiger partial charge in [0, 0.05) is 36.2 Å². The fraction of sp³-hybridized carbons (Fsp3) is 0.303. The lowest BCUT2D eigenvalue weighted by molar-refractivity contribution is -0.137. The minimum atomic E-state index is -4.48. The Morgan fingerprint density at radius 1 is 0.952 bits per heavy atom. The maximum atomic E-state index is 13.7. The van der Waals surface area contributed by atoms with Crippen molar-refractivity contribution < 1.29 is 23.1 Å². The number of alkyl halides is 3. The van der Waals surface area contributed by atoms with Crippen molar-refractivity contribution >= 4 is 28.2 Å². The Hall–Kier alpha value is -4.24. The first-order valence-corrected chi connectivity index (χ1v) is 14.0. The van der Waals surface area contributed by atoms with E-state index in [0.29, 0.717) is 35.4 Å². The van der Waals surface area contributed by atoms with Crippen molar-refractivity contribution in [3.05, 3.63) is 102 Å². The zero-order chi connectivity index (χ0) is 29.9. The number of likely N-dealkylation sites (N-methyl/N-ethyl adjacent to an activating group) is 1. The first kappa shape index (κ1) is 29.3. The number of anilines is 2. The Kier molecular flexibility index (Phi) is 8.31. The lowest BCUT2D eigenvalue weighted by Crippen LogP contribution is -2.54. The van der Waals surface area contributed by atoms with Gasteiger partial charge in [-0.3, -0.25) is 0 Å². The fourth-order valence-electron chi connectivity index (χ4n) is 5.82. The Labute approximate surface area is 243 Å². The first-order valence-electron chi connectivity index (χ1n) is 14.0. The number of halogens is 3. The number of hydrogen-bond acceptors (Lipinski definition) is 4. The summed E-state index contributed by atoms with van der Waals surface area (Å²) in [6.45, 7) is 1.23. The van der Waals surface area contributed by atoms with Crippen molar-refractivity contribution in [3.8, 4) is 5.75 Å². The number of amides is 2. The molecule has 3 N–H and O–H groups in total. The molecule has 0 unspecified atom stereocenters. The number of phenols is 1. The van der Waals surface area contributed by atoms with E-state index in [9.17, 15) is 23.1 Å². The van der Waals surface area contributed by atoms with Gasteiger partial charge >= 0.3 is 12.2 Å². The lowest BCUT2D eigenvalue weighted by atomic mass is 9.80. The molecule has 5 rings (SSSR count). The quantitative estimate of drug-likeness (QED) is 0.221. The number of nitrogens with one attached hydrogen (secondary N) is 2. The topological polar surface area (TPSA) is 67.8 Å². The van der Waals surface area contributed by atoms with Crippen LogP contribution < -0.4 is 15.5 Å². The van der Waals surface area contributed by atoms with E-state index < -0.39 is 17.8 Å². The predicted octanol–water partition coefficient (Wildman–Crippen LogP) is 7.03. The molecule has 1 heterocycles. The number of fused-ring (bicyclic) bond motifs is 1. The summed E-state index contributed by atoms with van der Waals surface area (Å²) in [5.41, 5.74) is 2.01. The molecule has 1 aliphatic heterocycles. The van der Waals surface area contributed by atoms with Crippen LogP contribution in [0.15, 0.2) is 84.9 Å². The van der Waals surface area contributed by atoms with Gasteiger partial charge in [0.2, 0.25) is 0 Å². The van der Waals surface area contributed by atoms with E-state index in [1.165, 1.54) is 17.7 Å². The third-order valence-corrected chi connectivity index (χ3v) is 8.33. The minimum absolute atomic E-state index is 0.0503. The number of phenolic OH excluding ortho intramolecular Hbond substituents is 1. The number of hydrogen-bond donors (Lipinski definition) is 3. The van der Waals surface area contributed by atoms with Crippen molar-refractivity contribution in [1.82, 2.24) is 10.2 Å². The zero-order valence-corrected chi connectivity index (χ0v) is 23.7. The van der Waals surface area contributed by atoms with Gasteiger partial charge in [0.25, 0.3) is 0 Å². The highest BCUT2D eigenvalue weighted by Gasteiger charge is 2.38. The van der Waals surface area contributed by atoms with Crippen molar-refractivity contribution in [3.63, 3.8) is 0 Å². The molecule has 0 spiro atoms. The van der Waals surface area contributed by atoms with Gasteiger partial charge in [-0.25, -0.2) is 4.79 Å². The van der Waals surface area contributed by atoms with E-state index >= 15 is 0 Å². The Balaban J connectivity index is 1.33. The van der Waals surface area contributed by atoms with Crippen molar-refractivity contribution in [2.45, 2.75) is 37.5 Å². The van der Waals surface area contributed by atoms with Crippen molar-refractivity contribution in [2.24, 2.45) is 0 Å². The van der Waals surface area contributed by atoms with Crippen LogP contribution in [0.1, 0.15) is 29.5 Å². The van der Waals surface area contributed by atoms with Gasteiger partial charge < -0.3 is 25.5 Å². The molecule has 4 aromatic carbocycles. The van der Waals surface area contributed by atoms with E-state index in [1.807, 2.05) is 29.2 Å². The molecule has 0 atom stereocenters. The summed E-state index contributed by atoms with van der Waals surface area (Å²) in [6.07, 6.45) is -2.05. The Bertz CT molecular complexity index is 1550. The second-order valence-electron chi connectivity index (χ2n) is 11.1. The molecule has 0 bridgehead atoms. The highest BCUT2D eigenvalue weighted by atomic mass is 19.4. The number of rotatable bonds is 7. The van der Waals surface area contributed by atoms with Crippen LogP contribution in [-0.4, -0.2) is 48.8 Å². The van der Waals surface area contributed by atoms with Crippen LogP contribution >= 0.6 is 0 Å². The average Bonchev–Trinajstić information content (AvgIpc) is 2.97. The van der Waals surface area contributed by atoms with Crippen LogP contribution in [0.3, 0.4) is 0 Å². The highest BCUT2D eigenvalue weighted by molar-refractivity contribution is 6.02. The number of carbonyl (C=O) groups is 1. The van der Waals surface area contributed by atoms with Gasteiger partial charge in [0.1, 0.15) is 5.75 Å². The molecule has 1 saturated heterocycles. The summed E-state index contributed by atoms with van der Waals surface area (Å²) in [5.74, 6) is 0.0788. The van der Waals surface area contributed by atoms with Gasteiger partial charge in [-0.05, 0) is 80.2 Å². The maximum Gasteiger partial charge on any atom is 0.416 e. The Morgan fingerprint density at radius 2 is 1.69 bits per heavy atom. The van der Waals surface area contributed by atoms with Gasteiger partial charge in [-0.1, -0.05) is 54.6 Å². The van der Waals surface area contributed by atoms with Gasteiger partial charge in [-0.15, -0.1) is 0 Å².